The number of hydrogen-bond donors (Lipinski definition) is 0. The van der Waals surface area contributed by atoms with E-state index in [-0.39, 0.29) is 34.9 Å². The molecule has 0 saturated carbocycles. The van der Waals surface area contributed by atoms with E-state index in [2.05, 4.69) is 46.9 Å². The Balaban J connectivity index is 1.77. The molecule has 3 aliphatic rings. The van der Waals surface area contributed by atoms with Gasteiger partial charge >= 0.3 is 0 Å². The SMILES string of the molecule is C[C@H]1[C@@H]([C@@H]2O[C@H](O[Si](C)(C)C(C)(C)C)C=CC2=O)[C@@H]2C=CC=C[C@H]1O2. The highest BCUT2D eigenvalue weighted by Gasteiger charge is 2.49. The minimum atomic E-state index is -1.98. The maximum Gasteiger partial charge on any atom is 0.195 e. The summed E-state index contributed by atoms with van der Waals surface area (Å²) in [5.74, 6) is 0.244. The number of carbonyl (C=O) groups excluding carboxylic acids is 1. The summed E-state index contributed by atoms with van der Waals surface area (Å²) in [5.41, 5.74) is 0. The lowest BCUT2D eigenvalue weighted by molar-refractivity contribution is -0.156. The molecule has 0 amide bonds. The molecular formula is C20H30O4Si. The summed E-state index contributed by atoms with van der Waals surface area (Å²) in [7, 11) is -1.98. The summed E-state index contributed by atoms with van der Waals surface area (Å²) < 4.78 is 18.6. The van der Waals surface area contributed by atoms with Crippen LogP contribution in [0.5, 0.6) is 0 Å². The number of allylic oxidation sites excluding steroid dienone is 2. The highest BCUT2D eigenvalue weighted by molar-refractivity contribution is 6.74. The van der Waals surface area contributed by atoms with Crippen LogP contribution in [0.4, 0.5) is 0 Å². The molecule has 0 N–H and O–H groups in total. The van der Waals surface area contributed by atoms with E-state index in [4.69, 9.17) is 13.9 Å². The summed E-state index contributed by atoms with van der Waals surface area (Å²) >= 11 is 0. The number of fused-ring (bicyclic) bond motifs is 2. The maximum atomic E-state index is 12.6. The van der Waals surface area contributed by atoms with Crippen LogP contribution in [0.15, 0.2) is 36.5 Å². The maximum absolute atomic E-state index is 12.6. The summed E-state index contributed by atoms with van der Waals surface area (Å²) in [5, 5.41) is 0.0902. The van der Waals surface area contributed by atoms with Gasteiger partial charge in [0.2, 0.25) is 0 Å². The Morgan fingerprint density at radius 3 is 2.32 bits per heavy atom. The molecule has 0 aliphatic carbocycles. The molecule has 1 saturated heterocycles. The lowest BCUT2D eigenvalue weighted by atomic mass is 9.81. The van der Waals surface area contributed by atoms with Gasteiger partial charge in [-0.2, -0.15) is 0 Å². The van der Waals surface area contributed by atoms with E-state index in [0.29, 0.717) is 0 Å². The number of ketones is 1. The molecule has 138 valence electrons. The molecule has 25 heavy (non-hydrogen) atoms. The average Bonchev–Trinajstić information content (AvgIpc) is 2.68. The van der Waals surface area contributed by atoms with Crippen molar-refractivity contribution >= 4 is 14.1 Å². The van der Waals surface area contributed by atoms with Crippen LogP contribution in [-0.4, -0.2) is 38.7 Å². The van der Waals surface area contributed by atoms with Gasteiger partial charge in [0, 0.05) is 5.92 Å². The van der Waals surface area contributed by atoms with Gasteiger partial charge in [-0.25, -0.2) is 0 Å². The molecule has 1 fully saturated rings. The fraction of sp³-hybridized carbons (Fsp3) is 0.650. The van der Waals surface area contributed by atoms with Crippen LogP contribution >= 0.6 is 0 Å². The zero-order chi connectivity index (χ0) is 18.4. The van der Waals surface area contributed by atoms with E-state index in [1.165, 1.54) is 0 Å². The largest absolute Gasteiger partial charge is 0.389 e. The fourth-order valence-corrected chi connectivity index (χ4v) is 4.51. The summed E-state index contributed by atoms with van der Waals surface area (Å²) in [6.45, 7) is 13.1. The van der Waals surface area contributed by atoms with Gasteiger partial charge in [0.15, 0.2) is 20.4 Å². The van der Waals surface area contributed by atoms with E-state index < -0.39 is 20.7 Å². The molecule has 0 radical (unpaired) electrons. The normalized spacial score (nSPS) is 38.2. The molecule has 0 aromatic rings. The summed E-state index contributed by atoms with van der Waals surface area (Å²) in [6.07, 6.45) is 10.5. The van der Waals surface area contributed by atoms with E-state index in [1.807, 2.05) is 18.2 Å². The van der Waals surface area contributed by atoms with E-state index in [9.17, 15) is 4.79 Å². The molecule has 3 aliphatic heterocycles. The van der Waals surface area contributed by atoms with Crippen molar-refractivity contribution in [2.24, 2.45) is 11.8 Å². The Labute approximate surface area is 152 Å². The van der Waals surface area contributed by atoms with Crippen molar-refractivity contribution < 1.29 is 18.7 Å². The number of hydrogen-bond acceptors (Lipinski definition) is 4. The second-order valence-electron chi connectivity index (χ2n) is 8.84. The van der Waals surface area contributed by atoms with Gasteiger partial charge in [0.1, 0.15) is 6.10 Å². The van der Waals surface area contributed by atoms with E-state index in [1.54, 1.807) is 12.2 Å². The first-order valence-corrected chi connectivity index (χ1v) is 12.1. The van der Waals surface area contributed by atoms with Gasteiger partial charge in [0.25, 0.3) is 0 Å². The lowest BCUT2D eigenvalue weighted by Crippen LogP contribution is -2.49. The first kappa shape index (κ1) is 18.8. The summed E-state index contributed by atoms with van der Waals surface area (Å²) in [4.78, 5) is 12.6. The molecule has 6 atom stereocenters. The van der Waals surface area contributed by atoms with Gasteiger partial charge < -0.3 is 13.9 Å². The Kier molecular flexibility index (Phi) is 4.97. The van der Waals surface area contributed by atoms with Gasteiger partial charge in [-0.1, -0.05) is 52.0 Å². The van der Waals surface area contributed by atoms with Gasteiger partial charge in [-0.05, 0) is 36.2 Å². The Bertz CT molecular complexity index is 614. The van der Waals surface area contributed by atoms with Crippen LogP contribution in [0.3, 0.4) is 0 Å². The third-order valence-electron chi connectivity index (χ3n) is 6.08. The smallest absolute Gasteiger partial charge is 0.195 e. The predicted molar refractivity (Wildman–Crippen MR) is 101 cm³/mol. The Morgan fingerprint density at radius 2 is 1.68 bits per heavy atom. The zero-order valence-electron chi connectivity index (χ0n) is 16.1. The van der Waals surface area contributed by atoms with Gasteiger partial charge in [0.05, 0.1) is 12.2 Å². The first-order chi connectivity index (χ1) is 11.6. The molecule has 4 nitrogen and oxygen atoms in total. The topological polar surface area (TPSA) is 44.8 Å². The fourth-order valence-electron chi connectivity index (χ4n) is 3.44. The number of rotatable bonds is 3. The molecular weight excluding hydrogens is 332 g/mol. The molecule has 3 heterocycles. The Hall–Kier alpha value is -1.01. The van der Waals surface area contributed by atoms with Crippen LogP contribution in [0, 0.1) is 11.8 Å². The quantitative estimate of drug-likeness (QED) is 0.712. The van der Waals surface area contributed by atoms with Crippen molar-refractivity contribution in [2.45, 2.75) is 70.4 Å². The van der Waals surface area contributed by atoms with Gasteiger partial charge in [-0.15, -0.1) is 0 Å². The zero-order valence-corrected chi connectivity index (χ0v) is 17.1. The third kappa shape index (κ3) is 3.61. The lowest BCUT2D eigenvalue weighted by Gasteiger charge is -2.40. The first-order valence-electron chi connectivity index (χ1n) is 9.16. The monoisotopic (exact) mass is 362 g/mol. The predicted octanol–water partition coefficient (Wildman–Crippen LogP) is 4.00. The highest BCUT2D eigenvalue weighted by Crippen LogP contribution is 2.42. The van der Waals surface area contributed by atoms with Crippen molar-refractivity contribution in [1.29, 1.82) is 0 Å². The minimum absolute atomic E-state index is 0.00849. The second-order valence-corrected chi connectivity index (χ2v) is 13.6. The second kappa shape index (κ2) is 6.61. The molecule has 2 bridgehead atoms. The summed E-state index contributed by atoms with van der Waals surface area (Å²) in [6, 6.07) is 0. The Morgan fingerprint density at radius 1 is 1.04 bits per heavy atom. The van der Waals surface area contributed by atoms with Gasteiger partial charge in [-0.3, -0.25) is 4.79 Å². The average molecular weight is 363 g/mol. The molecule has 5 heteroatoms. The van der Waals surface area contributed by atoms with E-state index in [0.717, 1.165) is 0 Å². The van der Waals surface area contributed by atoms with Crippen molar-refractivity contribution in [3.05, 3.63) is 36.5 Å². The molecule has 3 rings (SSSR count). The number of carbonyl (C=O) groups is 1. The number of ether oxygens (including phenoxy) is 2. The molecule has 0 spiro atoms. The van der Waals surface area contributed by atoms with Crippen molar-refractivity contribution in [3.8, 4) is 0 Å². The van der Waals surface area contributed by atoms with Crippen molar-refractivity contribution in [3.63, 3.8) is 0 Å². The third-order valence-corrected chi connectivity index (χ3v) is 10.5. The molecule has 0 aromatic heterocycles. The van der Waals surface area contributed by atoms with Crippen LogP contribution in [0.25, 0.3) is 0 Å². The molecule has 0 aromatic carbocycles. The van der Waals surface area contributed by atoms with Crippen LogP contribution < -0.4 is 0 Å². The minimum Gasteiger partial charge on any atom is -0.389 e. The van der Waals surface area contributed by atoms with E-state index >= 15 is 0 Å². The van der Waals surface area contributed by atoms with Crippen LogP contribution in [-0.2, 0) is 18.7 Å². The highest BCUT2D eigenvalue weighted by atomic mass is 28.4. The van der Waals surface area contributed by atoms with Crippen molar-refractivity contribution in [2.75, 3.05) is 0 Å². The molecule has 0 unspecified atom stereocenters. The standard InChI is InChI=1S/C20H30O4Si/c1-13-15-9-7-8-10-16(22-15)18(13)19-14(21)11-12-17(23-19)24-25(5,6)20(2,3)4/h7-13,15-19H,1-6H3/t13-,15-,16+,17-,18-,19-/m1/s1. The van der Waals surface area contributed by atoms with Crippen LogP contribution in [0.2, 0.25) is 18.1 Å². The van der Waals surface area contributed by atoms with Crippen molar-refractivity contribution in [1.82, 2.24) is 0 Å². The van der Waals surface area contributed by atoms with Crippen LogP contribution in [0.1, 0.15) is 27.7 Å².